The topological polar surface area (TPSA) is 64.6 Å². The van der Waals surface area contributed by atoms with Crippen molar-refractivity contribution in [1.29, 1.82) is 0 Å². The Hall–Kier alpha value is -2.67. The van der Waals surface area contributed by atoms with Crippen molar-refractivity contribution >= 4 is 33.7 Å². The maximum Gasteiger partial charge on any atom is 0.419 e. The molecule has 3 aromatic rings. The standard InChI is InChI=1S/C19H15FN2O3S/c20-14-4-1-12(2-5-14)18(23)13-3-6-15-16(11-13)25-19(24)22(15)9-7-17-21-8-10-26-17/h1-6,11H,7-10H2. The number of halogens is 1. The summed E-state index contributed by atoms with van der Waals surface area (Å²) in [5, 5.41) is 1.05. The van der Waals surface area contributed by atoms with E-state index < -0.39 is 11.6 Å². The molecule has 0 atom stereocenters. The first-order valence-corrected chi connectivity index (χ1v) is 9.20. The zero-order chi connectivity index (χ0) is 18.1. The third-order valence-corrected chi connectivity index (χ3v) is 5.29. The average molecular weight is 370 g/mol. The van der Waals surface area contributed by atoms with Crippen LogP contribution < -0.4 is 5.76 Å². The number of aryl methyl sites for hydroxylation is 1. The molecule has 4 rings (SSSR count). The van der Waals surface area contributed by atoms with Crippen LogP contribution in [0.1, 0.15) is 22.3 Å². The lowest BCUT2D eigenvalue weighted by Gasteiger charge is -2.03. The van der Waals surface area contributed by atoms with Crippen LogP contribution in [-0.4, -0.2) is 27.7 Å². The fourth-order valence-corrected chi connectivity index (χ4v) is 3.76. The minimum absolute atomic E-state index is 0.251. The van der Waals surface area contributed by atoms with Crippen molar-refractivity contribution < 1.29 is 13.6 Å². The van der Waals surface area contributed by atoms with E-state index in [1.165, 1.54) is 24.3 Å². The van der Waals surface area contributed by atoms with Crippen molar-refractivity contribution in [2.75, 3.05) is 12.3 Å². The fraction of sp³-hybridized carbons (Fsp3) is 0.211. The van der Waals surface area contributed by atoms with Crippen molar-refractivity contribution in [1.82, 2.24) is 4.57 Å². The first-order chi connectivity index (χ1) is 12.6. The van der Waals surface area contributed by atoms with E-state index in [0.29, 0.717) is 35.2 Å². The number of thioether (sulfide) groups is 1. The number of benzene rings is 2. The number of hydrogen-bond donors (Lipinski definition) is 0. The van der Waals surface area contributed by atoms with Crippen molar-refractivity contribution in [2.24, 2.45) is 4.99 Å². The zero-order valence-electron chi connectivity index (χ0n) is 13.8. The molecule has 0 saturated carbocycles. The lowest BCUT2D eigenvalue weighted by Crippen LogP contribution is -2.15. The quantitative estimate of drug-likeness (QED) is 0.645. The van der Waals surface area contributed by atoms with Crippen LogP contribution >= 0.6 is 11.8 Å². The largest absolute Gasteiger partial charge is 0.419 e. The van der Waals surface area contributed by atoms with Gasteiger partial charge in [0.25, 0.3) is 0 Å². The van der Waals surface area contributed by atoms with Crippen LogP contribution in [0.25, 0.3) is 11.1 Å². The van der Waals surface area contributed by atoms with E-state index in [1.807, 2.05) is 0 Å². The second kappa shape index (κ2) is 6.92. The summed E-state index contributed by atoms with van der Waals surface area (Å²) in [5.41, 5.74) is 1.78. The van der Waals surface area contributed by atoms with Gasteiger partial charge in [-0.2, -0.15) is 0 Å². The summed E-state index contributed by atoms with van der Waals surface area (Å²) in [6, 6.07) is 10.3. The molecule has 0 bridgehead atoms. The van der Waals surface area contributed by atoms with Gasteiger partial charge in [-0.3, -0.25) is 14.4 Å². The highest BCUT2D eigenvalue weighted by Crippen LogP contribution is 2.20. The molecule has 1 aliphatic rings. The fourth-order valence-electron chi connectivity index (χ4n) is 2.93. The van der Waals surface area contributed by atoms with Gasteiger partial charge in [-0.15, -0.1) is 11.8 Å². The molecule has 2 heterocycles. The molecule has 0 saturated heterocycles. The van der Waals surface area contributed by atoms with E-state index in [1.54, 1.807) is 34.5 Å². The second-order valence-electron chi connectivity index (χ2n) is 5.91. The van der Waals surface area contributed by atoms with Crippen LogP contribution in [-0.2, 0) is 6.54 Å². The van der Waals surface area contributed by atoms with E-state index in [-0.39, 0.29) is 5.78 Å². The molecule has 0 amide bonds. The molecule has 7 heteroatoms. The Morgan fingerprint density at radius 3 is 2.69 bits per heavy atom. The van der Waals surface area contributed by atoms with Crippen molar-refractivity contribution in [3.05, 3.63) is 70.0 Å². The summed E-state index contributed by atoms with van der Waals surface area (Å²) in [6.45, 7) is 1.32. The molecular weight excluding hydrogens is 355 g/mol. The molecule has 0 aliphatic carbocycles. The van der Waals surface area contributed by atoms with Crippen LogP contribution in [0.4, 0.5) is 4.39 Å². The number of oxazole rings is 1. The third-order valence-electron chi connectivity index (χ3n) is 4.23. The Bertz CT molecular complexity index is 1070. The number of carbonyl (C=O) groups is 1. The molecule has 26 heavy (non-hydrogen) atoms. The van der Waals surface area contributed by atoms with Gasteiger partial charge in [0.05, 0.1) is 10.6 Å². The highest BCUT2D eigenvalue weighted by molar-refractivity contribution is 8.14. The third kappa shape index (κ3) is 3.22. The Morgan fingerprint density at radius 1 is 1.19 bits per heavy atom. The van der Waals surface area contributed by atoms with Gasteiger partial charge in [0.1, 0.15) is 5.82 Å². The molecule has 1 aromatic heterocycles. The van der Waals surface area contributed by atoms with Crippen LogP contribution in [0.3, 0.4) is 0 Å². The number of nitrogens with zero attached hydrogens (tertiary/aromatic N) is 2. The molecular formula is C19H15FN2O3S. The lowest BCUT2D eigenvalue weighted by molar-refractivity contribution is 0.103. The lowest BCUT2D eigenvalue weighted by atomic mass is 10.0. The smallest absolute Gasteiger partial charge is 0.408 e. The van der Waals surface area contributed by atoms with Gasteiger partial charge in [-0.25, -0.2) is 9.18 Å². The first kappa shape index (κ1) is 16.8. The minimum Gasteiger partial charge on any atom is -0.408 e. The molecule has 0 fully saturated rings. The van der Waals surface area contributed by atoms with Crippen LogP contribution in [0.2, 0.25) is 0 Å². The molecule has 132 valence electrons. The number of carbonyl (C=O) groups excluding carboxylic acids is 1. The summed E-state index contributed by atoms with van der Waals surface area (Å²) < 4.78 is 19.9. The molecule has 0 N–H and O–H groups in total. The Kier molecular flexibility index (Phi) is 4.46. The monoisotopic (exact) mass is 370 g/mol. The molecule has 0 radical (unpaired) electrons. The summed E-state index contributed by atoms with van der Waals surface area (Å²) in [5.74, 6) is -0.107. The van der Waals surface area contributed by atoms with Gasteiger partial charge in [-0.05, 0) is 42.5 Å². The van der Waals surface area contributed by atoms with Crippen LogP contribution in [0.5, 0.6) is 0 Å². The summed E-state index contributed by atoms with van der Waals surface area (Å²) in [6.07, 6.45) is 0.690. The molecule has 1 aliphatic heterocycles. The SMILES string of the molecule is O=C(c1ccc(F)cc1)c1ccc2c(c1)oc(=O)n2CCC1=NCCS1. The van der Waals surface area contributed by atoms with E-state index in [4.69, 9.17) is 4.42 Å². The number of rotatable bonds is 5. The van der Waals surface area contributed by atoms with Gasteiger partial charge in [0.15, 0.2) is 11.4 Å². The van der Waals surface area contributed by atoms with Gasteiger partial charge in [0, 0.05) is 36.4 Å². The van der Waals surface area contributed by atoms with Gasteiger partial charge >= 0.3 is 5.76 Å². The molecule has 0 unspecified atom stereocenters. The van der Waals surface area contributed by atoms with Crippen LogP contribution in [0.15, 0.2) is 56.7 Å². The van der Waals surface area contributed by atoms with Gasteiger partial charge < -0.3 is 4.42 Å². The molecule has 5 nitrogen and oxygen atoms in total. The minimum atomic E-state index is -0.449. The molecule has 0 spiro atoms. The number of aliphatic imine (C=N–C) groups is 1. The molecule has 2 aromatic carbocycles. The maximum atomic E-state index is 13.0. The number of hydrogen-bond acceptors (Lipinski definition) is 5. The Labute approximate surface area is 152 Å². The van der Waals surface area contributed by atoms with Gasteiger partial charge in [0.2, 0.25) is 0 Å². The Morgan fingerprint density at radius 2 is 1.96 bits per heavy atom. The zero-order valence-corrected chi connectivity index (χ0v) is 14.6. The van der Waals surface area contributed by atoms with Crippen molar-refractivity contribution in [3.8, 4) is 0 Å². The summed E-state index contributed by atoms with van der Waals surface area (Å²) in [4.78, 5) is 29.1. The normalized spacial score (nSPS) is 14.0. The Balaban J connectivity index is 1.62. The highest BCUT2D eigenvalue weighted by atomic mass is 32.2. The van der Waals surface area contributed by atoms with Crippen LogP contribution in [0, 0.1) is 5.82 Å². The average Bonchev–Trinajstić information content (AvgIpc) is 3.26. The number of ketones is 1. The van der Waals surface area contributed by atoms with Crippen molar-refractivity contribution in [3.63, 3.8) is 0 Å². The predicted molar refractivity (Wildman–Crippen MR) is 99.7 cm³/mol. The summed E-state index contributed by atoms with van der Waals surface area (Å²) in [7, 11) is 0. The van der Waals surface area contributed by atoms with E-state index >= 15 is 0 Å². The van der Waals surface area contributed by atoms with E-state index in [2.05, 4.69) is 4.99 Å². The first-order valence-electron chi connectivity index (χ1n) is 8.21. The highest BCUT2D eigenvalue weighted by Gasteiger charge is 2.15. The second-order valence-corrected chi connectivity index (χ2v) is 7.08. The van der Waals surface area contributed by atoms with Gasteiger partial charge in [-0.1, -0.05) is 0 Å². The number of aromatic nitrogens is 1. The van der Waals surface area contributed by atoms with E-state index in [0.717, 1.165) is 17.3 Å². The maximum absolute atomic E-state index is 13.0. The number of fused-ring (bicyclic) bond motifs is 1. The van der Waals surface area contributed by atoms with E-state index in [9.17, 15) is 14.0 Å². The summed E-state index contributed by atoms with van der Waals surface area (Å²) >= 11 is 1.71. The predicted octanol–water partition coefficient (Wildman–Crippen LogP) is 3.50. The van der Waals surface area contributed by atoms with Crippen molar-refractivity contribution in [2.45, 2.75) is 13.0 Å².